The Morgan fingerprint density at radius 2 is 1.90 bits per heavy atom. The van der Waals surface area contributed by atoms with Crippen LogP contribution < -0.4 is 4.74 Å². The SMILES string of the molecule is CCN(CC)C(=O)c1ccc(OC)c(COCC(C)C)c1. The molecule has 0 fully saturated rings. The van der Waals surface area contributed by atoms with Crippen LogP contribution in [0.5, 0.6) is 5.75 Å². The second kappa shape index (κ2) is 8.67. The van der Waals surface area contributed by atoms with E-state index in [2.05, 4.69) is 13.8 Å². The van der Waals surface area contributed by atoms with E-state index in [1.54, 1.807) is 12.0 Å². The molecule has 0 spiro atoms. The van der Waals surface area contributed by atoms with Gasteiger partial charge in [-0.15, -0.1) is 0 Å². The van der Waals surface area contributed by atoms with Gasteiger partial charge < -0.3 is 14.4 Å². The number of methoxy groups -OCH3 is 1. The second-order valence-corrected chi connectivity index (χ2v) is 5.41. The van der Waals surface area contributed by atoms with Crippen molar-refractivity contribution in [3.8, 4) is 5.75 Å². The molecule has 1 amide bonds. The van der Waals surface area contributed by atoms with E-state index >= 15 is 0 Å². The van der Waals surface area contributed by atoms with Crippen LogP contribution in [0.2, 0.25) is 0 Å². The standard InChI is InChI=1S/C17H27NO3/c1-6-18(7-2)17(19)14-8-9-16(20-5)15(10-14)12-21-11-13(3)4/h8-10,13H,6-7,11-12H2,1-5H3. The van der Waals surface area contributed by atoms with Gasteiger partial charge in [-0.05, 0) is 38.0 Å². The van der Waals surface area contributed by atoms with Gasteiger partial charge in [-0.2, -0.15) is 0 Å². The fourth-order valence-electron chi connectivity index (χ4n) is 2.12. The van der Waals surface area contributed by atoms with Crippen molar-refractivity contribution >= 4 is 5.91 Å². The van der Waals surface area contributed by atoms with Gasteiger partial charge in [0.15, 0.2) is 0 Å². The lowest BCUT2D eigenvalue weighted by Gasteiger charge is -2.19. The number of hydrogen-bond acceptors (Lipinski definition) is 3. The summed E-state index contributed by atoms with van der Waals surface area (Å²) in [7, 11) is 1.63. The third-order valence-electron chi connectivity index (χ3n) is 3.29. The van der Waals surface area contributed by atoms with Crippen molar-refractivity contribution in [2.24, 2.45) is 5.92 Å². The number of ether oxygens (including phenoxy) is 2. The summed E-state index contributed by atoms with van der Waals surface area (Å²) in [5, 5.41) is 0. The van der Waals surface area contributed by atoms with Crippen LogP contribution in [0.4, 0.5) is 0 Å². The minimum absolute atomic E-state index is 0.0489. The van der Waals surface area contributed by atoms with E-state index in [-0.39, 0.29) is 5.91 Å². The number of carbonyl (C=O) groups excluding carboxylic acids is 1. The molecule has 0 saturated heterocycles. The van der Waals surface area contributed by atoms with Crippen molar-refractivity contribution in [3.63, 3.8) is 0 Å². The summed E-state index contributed by atoms with van der Waals surface area (Å²) in [5.41, 5.74) is 1.60. The van der Waals surface area contributed by atoms with Gasteiger partial charge >= 0.3 is 0 Å². The van der Waals surface area contributed by atoms with E-state index in [4.69, 9.17) is 9.47 Å². The van der Waals surface area contributed by atoms with Crippen molar-refractivity contribution in [3.05, 3.63) is 29.3 Å². The first-order valence-corrected chi connectivity index (χ1v) is 7.57. The van der Waals surface area contributed by atoms with Crippen LogP contribution in [-0.4, -0.2) is 37.6 Å². The molecule has 1 aromatic carbocycles. The number of hydrogen-bond donors (Lipinski definition) is 0. The van der Waals surface area contributed by atoms with Crippen molar-refractivity contribution in [1.29, 1.82) is 0 Å². The summed E-state index contributed by atoms with van der Waals surface area (Å²) in [6.45, 7) is 10.8. The Morgan fingerprint density at radius 1 is 1.24 bits per heavy atom. The molecule has 0 aromatic heterocycles. The van der Waals surface area contributed by atoms with Crippen molar-refractivity contribution in [2.75, 3.05) is 26.8 Å². The summed E-state index contributed by atoms with van der Waals surface area (Å²) in [6.07, 6.45) is 0. The van der Waals surface area contributed by atoms with Gasteiger partial charge in [0.25, 0.3) is 5.91 Å². The third-order valence-corrected chi connectivity index (χ3v) is 3.29. The lowest BCUT2D eigenvalue weighted by molar-refractivity contribution is 0.0771. The smallest absolute Gasteiger partial charge is 0.253 e. The first-order valence-electron chi connectivity index (χ1n) is 7.57. The van der Waals surface area contributed by atoms with Crippen LogP contribution in [0, 0.1) is 5.92 Å². The third kappa shape index (κ3) is 5.05. The second-order valence-electron chi connectivity index (χ2n) is 5.41. The predicted molar refractivity (Wildman–Crippen MR) is 84.7 cm³/mol. The Morgan fingerprint density at radius 3 is 2.43 bits per heavy atom. The van der Waals surface area contributed by atoms with Gasteiger partial charge in [-0.25, -0.2) is 0 Å². The van der Waals surface area contributed by atoms with E-state index in [1.165, 1.54) is 0 Å². The molecule has 1 aromatic rings. The highest BCUT2D eigenvalue weighted by Crippen LogP contribution is 2.22. The van der Waals surface area contributed by atoms with Gasteiger partial charge in [-0.1, -0.05) is 13.8 Å². The number of carbonyl (C=O) groups is 1. The molecular weight excluding hydrogens is 266 g/mol. The number of benzene rings is 1. The molecule has 0 N–H and O–H groups in total. The zero-order chi connectivity index (χ0) is 15.8. The first-order chi connectivity index (χ1) is 10.0. The van der Waals surface area contributed by atoms with E-state index < -0.39 is 0 Å². The lowest BCUT2D eigenvalue weighted by atomic mass is 10.1. The van der Waals surface area contributed by atoms with Gasteiger partial charge in [0.2, 0.25) is 0 Å². The topological polar surface area (TPSA) is 38.8 Å². The van der Waals surface area contributed by atoms with Gasteiger partial charge in [0.05, 0.1) is 13.7 Å². The Hall–Kier alpha value is -1.55. The number of nitrogens with zero attached hydrogens (tertiary/aromatic N) is 1. The summed E-state index contributed by atoms with van der Waals surface area (Å²) < 4.78 is 11.0. The molecule has 0 radical (unpaired) electrons. The maximum absolute atomic E-state index is 12.4. The quantitative estimate of drug-likeness (QED) is 0.738. The molecule has 0 saturated carbocycles. The molecule has 4 heteroatoms. The highest BCUT2D eigenvalue weighted by atomic mass is 16.5. The van der Waals surface area contributed by atoms with E-state index in [0.29, 0.717) is 37.8 Å². The molecule has 118 valence electrons. The highest BCUT2D eigenvalue weighted by Gasteiger charge is 2.15. The molecular formula is C17H27NO3. The molecule has 0 aliphatic carbocycles. The summed E-state index contributed by atoms with van der Waals surface area (Å²) in [6, 6.07) is 5.52. The first kappa shape index (κ1) is 17.5. The summed E-state index contributed by atoms with van der Waals surface area (Å²) in [5.74, 6) is 1.29. The normalized spacial score (nSPS) is 10.8. The van der Waals surface area contributed by atoms with Crippen LogP contribution in [0.1, 0.15) is 43.6 Å². The molecule has 0 aliphatic heterocycles. The number of rotatable bonds is 8. The minimum Gasteiger partial charge on any atom is -0.496 e. The molecule has 0 aliphatic rings. The summed E-state index contributed by atoms with van der Waals surface area (Å²) >= 11 is 0. The predicted octanol–water partition coefficient (Wildman–Crippen LogP) is 3.35. The lowest BCUT2D eigenvalue weighted by Crippen LogP contribution is -2.30. The average Bonchev–Trinajstić information content (AvgIpc) is 2.47. The zero-order valence-electron chi connectivity index (χ0n) is 13.8. The zero-order valence-corrected chi connectivity index (χ0v) is 13.8. The van der Waals surface area contributed by atoms with Crippen LogP contribution in [-0.2, 0) is 11.3 Å². The van der Waals surface area contributed by atoms with Gasteiger partial charge in [0.1, 0.15) is 5.75 Å². The van der Waals surface area contributed by atoms with Crippen LogP contribution in [0.25, 0.3) is 0 Å². The van der Waals surface area contributed by atoms with Crippen LogP contribution in [0.15, 0.2) is 18.2 Å². The molecule has 0 heterocycles. The maximum atomic E-state index is 12.4. The Kier molecular flexibility index (Phi) is 7.23. The fraction of sp³-hybridized carbons (Fsp3) is 0.588. The Bertz CT molecular complexity index is 453. The van der Waals surface area contributed by atoms with E-state index in [0.717, 1.165) is 11.3 Å². The fourth-order valence-corrected chi connectivity index (χ4v) is 2.12. The van der Waals surface area contributed by atoms with E-state index in [1.807, 2.05) is 32.0 Å². The molecule has 0 bridgehead atoms. The molecule has 0 atom stereocenters. The number of amides is 1. The maximum Gasteiger partial charge on any atom is 0.253 e. The monoisotopic (exact) mass is 293 g/mol. The largest absolute Gasteiger partial charge is 0.496 e. The average molecular weight is 293 g/mol. The van der Waals surface area contributed by atoms with Crippen LogP contribution in [0.3, 0.4) is 0 Å². The molecule has 0 unspecified atom stereocenters. The highest BCUT2D eigenvalue weighted by molar-refractivity contribution is 5.94. The van der Waals surface area contributed by atoms with Crippen molar-refractivity contribution in [2.45, 2.75) is 34.3 Å². The van der Waals surface area contributed by atoms with Crippen molar-refractivity contribution < 1.29 is 14.3 Å². The molecule has 4 nitrogen and oxygen atoms in total. The molecule has 21 heavy (non-hydrogen) atoms. The van der Waals surface area contributed by atoms with Gasteiger partial charge in [0, 0.05) is 30.8 Å². The van der Waals surface area contributed by atoms with Crippen LogP contribution >= 0.6 is 0 Å². The Labute approximate surface area is 128 Å². The van der Waals surface area contributed by atoms with Crippen molar-refractivity contribution in [1.82, 2.24) is 4.90 Å². The molecule has 1 rings (SSSR count). The Balaban J connectivity index is 2.90. The summed E-state index contributed by atoms with van der Waals surface area (Å²) in [4.78, 5) is 14.2. The van der Waals surface area contributed by atoms with E-state index in [9.17, 15) is 4.79 Å². The minimum atomic E-state index is 0.0489. The van der Waals surface area contributed by atoms with Gasteiger partial charge in [-0.3, -0.25) is 4.79 Å².